The second-order valence-corrected chi connectivity index (χ2v) is 5.93. The first-order valence-electron chi connectivity index (χ1n) is 8.15. The van der Waals surface area contributed by atoms with Crippen molar-refractivity contribution in [2.24, 2.45) is 0 Å². The number of carbonyl (C=O) groups is 2. The largest absolute Gasteiger partial charge is 0.490 e. The summed E-state index contributed by atoms with van der Waals surface area (Å²) in [5.41, 5.74) is -0.0602. The zero-order valence-corrected chi connectivity index (χ0v) is 15.0. The van der Waals surface area contributed by atoms with Crippen molar-refractivity contribution in [1.82, 2.24) is 0 Å². The van der Waals surface area contributed by atoms with E-state index in [0.717, 1.165) is 12.1 Å². The summed E-state index contributed by atoms with van der Waals surface area (Å²) in [5.74, 6) is -1.21. The van der Waals surface area contributed by atoms with Crippen LogP contribution in [0.25, 0.3) is 0 Å². The molecule has 0 unspecified atom stereocenters. The summed E-state index contributed by atoms with van der Waals surface area (Å²) in [6, 6.07) is 7.65. The third kappa shape index (κ3) is 4.21. The van der Waals surface area contributed by atoms with E-state index >= 15 is 0 Å². The van der Waals surface area contributed by atoms with Crippen LogP contribution in [0, 0.1) is 20.2 Å². The normalized spacial score (nSPS) is 12.6. The number of nitrogens with one attached hydrogen (secondary N) is 1. The van der Waals surface area contributed by atoms with E-state index < -0.39 is 21.7 Å². The molecule has 0 saturated heterocycles. The van der Waals surface area contributed by atoms with Gasteiger partial charge in [0.2, 0.25) is 5.91 Å². The van der Waals surface area contributed by atoms with Crippen LogP contribution in [0.5, 0.6) is 11.5 Å². The van der Waals surface area contributed by atoms with Gasteiger partial charge < -0.3 is 19.7 Å². The molecular weight excluding hydrogens is 388 g/mol. The first-order valence-corrected chi connectivity index (χ1v) is 8.15. The van der Waals surface area contributed by atoms with E-state index in [-0.39, 0.29) is 41.7 Å². The van der Waals surface area contributed by atoms with Crippen molar-refractivity contribution in [2.45, 2.75) is 0 Å². The van der Waals surface area contributed by atoms with Gasteiger partial charge in [-0.15, -0.1) is 0 Å². The van der Waals surface area contributed by atoms with Crippen LogP contribution in [0.2, 0.25) is 0 Å². The molecule has 2 aromatic rings. The highest BCUT2D eigenvalue weighted by Crippen LogP contribution is 2.35. The van der Waals surface area contributed by atoms with E-state index in [1.165, 1.54) is 36.3 Å². The Morgan fingerprint density at radius 3 is 2.62 bits per heavy atom. The molecule has 29 heavy (non-hydrogen) atoms. The van der Waals surface area contributed by atoms with Gasteiger partial charge in [-0.1, -0.05) is 0 Å². The molecule has 1 N–H and O–H groups in total. The van der Waals surface area contributed by atoms with Crippen molar-refractivity contribution >= 4 is 34.6 Å². The van der Waals surface area contributed by atoms with E-state index in [1.807, 2.05) is 0 Å². The second-order valence-electron chi connectivity index (χ2n) is 5.93. The Labute approximate surface area is 162 Å². The van der Waals surface area contributed by atoms with Crippen LogP contribution in [0.1, 0.15) is 0 Å². The fourth-order valence-corrected chi connectivity index (χ4v) is 2.78. The minimum atomic E-state index is -0.675. The van der Waals surface area contributed by atoms with Crippen molar-refractivity contribution in [3.63, 3.8) is 0 Å². The molecule has 0 aliphatic carbocycles. The van der Waals surface area contributed by atoms with Crippen molar-refractivity contribution < 1.29 is 28.9 Å². The van der Waals surface area contributed by atoms with E-state index in [1.54, 1.807) is 0 Å². The van der Waals surface area contributed by atoms with E-state index in [9.17, 15) is 29.8 Å². The zero-order valence-electron chi connectivity index (χ0n) is 15.0. The third-order valence-corrected chi connectivity index (χ3v) is 4.03. The topological polar surface area (TPSA) is 154 Å². The zero-order chi connectivity index (χ0) is 21.1. The van der Waals surface area contributed by atoms with E-state index in [4.69, 9.17) is 9.47 Å². The highest BCUT2D eigenvalue weighted by Gasteiger charge is 2.27. The number of hydrogen-bond donors (Lipinski definition) is 1. The van der Waals surface area contributed by atoms with Crippen LogP contribution in [0.15, 0.2) is 36.4 Å². The summed E-state index contributed by atoms with van der Waals surface area (Å²) in [6.45, 7) is -0.513. The van der Waals surface area contributed by atoms with Gasteiger partial charge in [-0.25, -0.2) is 4.79 Å². The minimum Gasteiger partial charge on any atom is -0.490 e. The molecule has 12 heteroatoms. The fraction of sp³-hybridized carbons (Fsp3) is 0.176. The molecule has 0 fully saturated rings. The van der Waals surface area contributed by atoms with Crippen molar-refractivity contribution in [3.05, 3.63) is 56.6 Å². The highest BCUT2D eigenvalue weighted by molar-refractivity contribution is 5.96. The molecule has 3 rings (SSSR count). The monoisotopic (exact) mass is 402 g/mol. The summed E-state index contributed by atoms with van der Waals surface area (Å²) < 4.78 is 9.92. The van der Waals surface area contributed by atoms with Crippen LogP contribution in [-0.2, 0) is 9.59 Å². The maximum absolute atomic E-state index is 12.4. The van der Waals surface area contributed by atoms with Crippen LogP contribution in [-0.4, -0.2) is 41.9 Å². The quantitative estimate of drug-likeness (QED) is 0.330. The minimum absolute atomic E-state index is 0.0247. The van der Waals surface area contributed by atoms with Gasteiger partial charge in [-0.05, 0) is 18.2 Å². The molecule has 1 heterocycles. The van der Waals surface area contributed by atoms with Crippen molar-refractivity contribution in [1.29, 1.82) is 0 Å². The van der Waals surface area contributed by atoms with E-state index in [2.05, 4.69) is 5.32 Å². The lowest BCUT2D eigenvalue weighted by atomic mass is 10.2. The van der Waals surface area contributed by atoms with Gasteiger partial charge >= 0.3 is 11.7 Å². The van der Waals surface area contributed by atoms with Crippen molar-refractivity contribution in [3.8, 4) is 11.5 Å². The Morgan fingerprint density at radius 2 is 1.97 bits per heavy atom. The number of esters is 1. The first kappa shape index (κ1) is 19.5. The number of carbonyl (C=O) groups excluding carboxylic acids is 2. The molecule has 1 aliphatic rings. The molecule has 0 bridgehead atoms. The van der Waals surface area contributed by atoms with Crippen LogP contribution >= 0.6 is 0 Å². The van der Waals surface area contributed by atoms with Crippen LogP contribution in [0.3, 0.4) is 0 Å². The molecule has 1 aliphatic heterocycles. The summed E-state index contributed by atoms with van der Waals surface area (Å²) in [7, 11) is 1.29. The Kier molecular flexibility index (Phi) is 5.25. The lowest BCUT2D eigenvalue weighted by Gasteiger charge is -2.28. The standard InChI is InChI=1S/C17H14N4O8/c1-28-14-5-2-10(6-13(14)21(26)27)18-16(22)8-19-9-17(23)29-15-7-11(20(24)25)3-4-12(15)19/h2-7H,8-9H2,1H3,(H,18,22). The summed E-state index contributed by atoms with van der Waals surface area (Å²) >= 11 is 0. The van der Waals surface area contributed by atoms with E-state index in [0.29, 0.717) is 5.69 Å². The third-order valence-electron chi connectivity index (χ3n) is 4.03. The number of methoxy groups -OCH3 is 1. The molecule has 0 atom stereocenters. The maximum Gasteiger partial charge on any atom is 0.331 e. The van der Waals surface area contributed by atoms with Gasteiger partial charge in [0.05, 0.1) is 35.3 Å². The number of hydrogen-bond acceptors (Lipinski definition) is 9. The molecule has 0 aromatic heterocycles. The molecule has 2 aromatic carbocycles. The van der Waals surface area contributed by atoms with Gasteiger partial charge in [-0.3, -0.25) is 25.0 Å². The molecule has 150 valence electrons. The number of anilines is 2. The lowest BCUT2D eigenvalue weighted by molar-refractivity contribution is -0.385. The SMILES string of the molecule is COc1ccc(NC(=O)CN2CC(=O)Oc3cc([N+](=O)[O-])ccc32)cc1[N+](=O)[O-]. The summed E-state index contributed by atoms with van der Waals surface area (Å²) in [4.78, 5) is 46.3. The number of non-ortho nitro benzene ring substituents is 1. The average Bonchev–Trinajstić information content (AvgIpc) is 2.67. The van der Waals surface area contributed by atoms with Crippen molar-refractivity contribution in [2.75, 3.05) is 30.4 Å². The number of nitrogens with zero attached hydrogens (tertiary/aromatic N) is 3. The highest BCUT2D eigenvalue weighted by atomic mass is 16.6. The average molecular weight is 402 g/mol. The number of nitro benzene ring substituents is 2. The Hall–Kier alpha value is -4.22. The Balaban J connectivity index is 1.78. The summed E-state index contributed by atoms with van der Waals surface area (Å²) in [5, 5.41) is 24.5. The number of nitro groups is 2. The first-order chi connectivity index (χ1) is 13.8. The Bertz CT molecular complexity index is 1020. The number of ether oxygens (including phenoxy) is 2. The van der Waals surface area contributed by atoms with Gasteiger partial charge in [-0.2, -0.15) is 0 Å². The Morgan fingerprint density at radius 1 is 1.21 bits per heavy atom. The molecule has 0 spiro atoms. The fourth-order valence-electron chi connectivity index (χ4n) is 2.78. The smallest absolute Gasteiger partial charge is 0.331 e. The van der Waals surface area contributed by atoms with Gasteiger partial charge in [0.25, 0.3) is 5.69 Å². The predicted molar refractivity (Wildman–Crippen MR) is 99.2 cm³/mol. The molecular formula is C17H14N4O8. The maximum atomic E-state index is 12.4. The lowest BCUT2D eigenvalue weighted by Crippen LogP contribution is -2.41. The molecule has 1 amide bonds. The number of fused-ring (bicyclic) bond motifs is 1. The molecule has 0 radical (unpaired) electrons. The van der Waals surface area contributed by atoms with Gasteiger partial charge in [0.15, 0.2) is 11.5 Å². The molecule has 12 nitrogen and oxygen atoms in total. The number of benzene rings is 2. The van der Waals surface area contributed by atoms with Crippen LogP contribution < -0.4 is 19.7 Å². The van der Waals surface area contributed by atoms with Crippen LogP contribution in [0.4, 0.5) is 22.7 Å². The second kappa shape index (κ2) is 7.80. The van der Waals surface area contributed by atoms with Gasteiger partial charge in [0.1, 0.15) is 6.54 Å². The predicted octanol–water partition coefficient (Wildman–Crippen LogP) is 1.88. The molecule has 0 saturated carbocycles. The summed E-state index contributed by atoms with van der Waals surface area (Å²) in [6.07, 6.45) is 0. The number of amides is 1. The number of rotatable bonds is 6. The van der Waals surface area contributed by atoms with Gasteiger partial charge in [0, 0.05) is 17.8 Å².